The molecule has 1 aliphatic rings. The van der Waals surface area contributed by atoms with Crippen LogP contribution in [0.3, 0.4) is 0 Å². The largest absolute Gasteiger partial charge is 0.379 e. The van der Waals surface area contributed by atoms with Gasteiger partial charge < -0.3 is 4.74 Å². The van der Waals surface area contributed by atoms with E-state index in [-0.39, 0.29) is 10.9 Å². The molecule has 1 aromatic rings. The zero-order valence-corrected chi connectivity index (χ0v) is 12.8. The number of hydrogen-bond acceptors (Lipinski definition) is 5. The highest BCUT2D eigenvalue weighted by molar-refractivity contribution is 7.89. The zero-order chi connectivity index (χ0) is 15.3. The molecule has 0 saturated carbocycles. The first-order valence-electron chi connectivity index (χ1n) is 6.84. The zero-order valence-electron chi connectivity index (χ0n) is 11.9. The molecule has 0 unspecified atom stereocenters. The summed E-state index contributed by atoms with van der Waals surface area (Å²) in [5, 5.41) is 8.72. The van der Waals surface area contributed by atoms with Crippen LogP contribution in [0.4, 0.5) is 0 Å². The first-order valence-corrected chi connectivity index (χ1v) is 8.33. The van der Waals surface area contributed by atoms with Crippen LogP contribution in [0.15, 0.2) is 29.2 Å². The fraction of sp³-hybridized carbons (Fsp3) is 0.500. The number of nitrogens with one attached hydrogen (secondary N) is 1. The molecular formula is C14H19N3O3S. The summed E-state index contributed by atoms with van der Waals surface area (Å²) >= 11 is 0. The number of ether oxygens (including phenoxy) is 1. The second-order valence-electron chi connectivity index (χ2n) is 4.99. The van der Waals surface area contributed by atoms with Crippen LogP contribution in [0.2, 0.25) is 0 Å². The van der Waals surface area contributed by atoms with E-state index in [1.54, 1.807) is 0 Å². The minimum Gasteiger partial charge on any atom is -0.379 e. The molecule has 6 nitrogen and oxygen atoms in total. The molecular weight excluding hydrogens is 290 g/mol. The van der Waals surface area contributed by atoms with E-state index in [2.05, 4.69) is 9.62 Å². The van der Waals surface area contributed by atoms with Crippen molar-refractivity contribution in [3.05, 3.63) is 29.8 Å². The smallest absolute Gasteiger partial charge is 0.240 e. The first kappa shape index (κ1) is 15.9. The predicted molar refractivity (Wildman–Crippen MR) is 78.2 cm³/mol. The Kier molecular flexibility index (Phi) is 5.31. The molecule has 1 saturated heterocycles. The minimum atomic E-state index is -3.54. The van der Waals surface area contributed by atoms with E-state index in [0.717, 1.165) is 13.1 Å². The molecule has 21 heavy (non-hydrogen) atoms. The molecule has 0 spiro atoms. The Hall–Kier alpha value is -1.46. The van der Waals surface area contributed by atoms with Gasteiger partial charge in [0.15, 0.2) is 0 Å². The molecule has 1 aromatic carbocycles. The van der Waals surface area contributed by atoms with Gasteiger partial charge in [0.1, 0.15) is 0 Å². The van der Waals surface area contributed by atoms with Gasteiger partial charge in [0.25, 0.3) is 0 Å². The van der Waals surface area contributed by atoms with Crippen LogP contribution in [-0.4, -0.2) is 52.2 Å². The highest BCUT2D eigenvalue weighted by Gasteiger charge is 2.20. The van der Waals surface area contributed by atoms with Crippen molar-refractivity contribution >= 4 is 10.0 Å². The van der Waals surface area contributed by atoms with Gasteiger partial charge in [-0.2, -0.15) is 5.26 Å². The second kappa shape index (κ2) is 7.00. The third-order valence-electron chi connectivity index (χ3n) is 3.53. The van der Waals surface area contributed by atoms with Crippen LogP contribution >= 0.6 is 0 Å². The van der Waals surface area contributed by atoms with Crippen molar-refractivity contribution in [3.63, 3.8) is 0 Å². The molecule has 0 aliphatic carbocycles. The highest BCUT2D eigenvalue weighted by Crippen LogP contribution is 2.10. The summed E-state index contributed by atoms with van der Waals surface area (Å²) in [6, 6.07) is 7.97. The molecule has 1 N–H and O–H groups in total. The molecule has 7 heteroatoms. The normalized spacial score (nSPS) is 18.1. The van der Waals surface area contributed by atoms with Crippen LogP contribution in [0.1, 0.15) is 12.5 Å². The average Bonchev–Trinajstić information content (AvgIpc) is 2.53. The quantitative estimate of drug-likeness (QED) is 0.859. The summed E-state index contributed by atoms with van der Waals surface area (Å²) in [5.41, 5.74) is 0.440. The van der Waals surface area contributed by atoms with Gasteiger partial charge in [-0.3, -0.25) is 4.90 Å². The molecule has 0 radical (unpaired) electrons. The van der Waals surface area contributed by atoms with Gasteiger partial charge in [-0.05, 0) is 31.2 Å². The van der Waals surface area contributed by atoms with E-state index in [1.165, 1.54) is 24.3 Å². The summed E-state index contributed by atoms with van der Waals surface area (Å²) < 4.78 is 32.3. The van der Waals surface area contributed by atoms with Crippen LogP contribution < -0.4 is 4.72 Å². The standard InChI is InChI=1S/C14H19N3O3S/c1-12(17-6-8-20-9-7-17)11-16-21(18,19)14-4-2-13(10-15)3-5-14/h2-5,12,16H,6-9,11H2,1H3/t12-/m1/s1. The molecule has 1 atom stereocenters. The monoisotopic (exact) mass is 309 g/mol. The molecule has 1 fully saturated rings. The van der Waals surface area contributed by atoms with Gasteiger partial charge in [-0.15, -0.1) is 0 Å². The van der Waals surface area contributed by atoms with Gasteiger partial charge in [0.2, 0.25) is 10.0 Å². The number of nitrogens with zero attached hydrogens (tertiary/aromatic N) is 2. The summed E-state index contributed by atoms with van der Waals surface area (Å²) in [6.07, 6.45) is 0. The number of hydrogen-bond donors (Lipinski definition) is 1. The van der Waals surface area contributed by atoms with Gasteiger partial charge in [-0.25, -0.2) is 13.1 Å². The van der Waals surface area contributed by atoms with E-state index in [9.17, 15) is 8.42 Å². The van der Waals surface area contributed by atoms with E-state index < -0.39 is 10.0 Å². The fourth-order valence-electron chi connectivity index (χ4n) is 2.17. The van der Waals surface area contributed by atoms with E-state index >= 15 is 0 Å². The number of rotatable bonds is 5. The van der Waals surface area contributed by atoms with Gasteiger partial charge in [0, 0.05) is 25.7 Å². The molecule has 114 valence electrons. The summed E-state index contributed by atoms with van der Waals surface area (Å²) in [5.74, 6) is 0. The SMILES string of the molecule is C[C@H](CNS(=O)(=O)c1ccc(C#N)cc1)N1CCOCC1. The maximum atomic E-state index is 12.2. The molecule has 2 rings (SSSR count). The lowest BCUT2D eigenvalue weighted by Gasteiger charge is -2.32. The van der Waals surface area contributed by atoms with Crippen LogP contribution in [0.25, 0.3) is 0 Å². The average molecular weight is 309 g/mol. The van der Waals surface area contributed by atoms with Crippen molar-refractivity contribution in [2.75, 3.05) is 32.8 Å². The van der Waals surface area contributed by atoms with Crippen molar-refractivity contribution < 1.29 is 13.2 Å². The second-order valence-corrected chi connectivity index (χ2v) is 6.75. The maximum absolute atomic E-state index is 12.2. The van der Waals surface area contributed by atoms with Crippen molar-refractivity contribution in [3.8, 4) is 6.07 Å². The Morgan fingerprint density at radius 1 is 1.33 bits per heavy atom. The van der Waals surface area contributed by atoms with Gasteiger partial charge >= 0.3 is 0 Å². The van der Waals surface area contributed by atoms with Crippen LogP contribution in [-0.2, 0) is 14.8 Å². The number of nitriles is 1. The van der Waals surface area contributed by atoms with Gasteiger partial charge in [0.05, 0.1) is 29.7 Å². The highest BCUT2D eigenvalue weighted by atomic mass is 32.2. The Morgan fingerprint density at radius 3 is 2.52 bits per heavy atom. The Labute approximate surface area is 125 Å². The predicted octanol–water partition coefficient (Wildman–Crippen LogP) is 0.557. The first-order chi connectivity index (χ1) is 10.0. The van der Waals surface area contributed by atoms with Crippen LogP contribution in [0.5, 0.6) is 0 Å². The minimum absolute atomic E-state index is 0.113. The fourth-order valence-corrected chi connectivity index (χ4v) is 3.29. The third kappa shape index (κ3) is 4.25. The lowest BCUT2D eigenvalue weighted by molar-refractivity contribution is 0.0213. The van der Waals surface area contributed by atoms with Crippen molar-refractivity contribution in [1.29, 1.82) is 5.26 Å². The molecule has 0 amide bonds. The third-order valence-corrected chi connectivity index (χ3v) is 4.97. The van der Waals surface area contributed by atoms with E-state index in [1.807, 2.05) is 13.0 Å². The topological polar surface area (TPSA) is 82.4 Å². The molecule has 0 aromatic heterocycles. The van der Waals surface area contributed by atoms with Crippen LogP contribution in [0, 0.1) is 11.3 Å². The summed E-state index contributed by atoms with van der Waals surface area (Å²) in [6.45, 7) is 5.36. The van der Waals surface area contributed by atoms with E-state index in [0.29, 0.717) is 25.3 Å². The van der Waals surface area contributed by atoms with Crippen molar-refractivity contribution in [2.24, 2.45) is 0 Å². The Balaban J connectivity index is 1.95. The van der Waals surface area contributed by atoms with E-state index in [4.69, 9.17) is 10.00 Å². The van der Waals surface area contributed by atoms with Gasteiger partial charge in [-0.1, -0.05) is 0 Å². The molecule has 1 aliphatic heterocycles. The Bertz CT molecular complexity index is 601. The number of benzene rings is 1. The summed E-state index contributed by atoms with van der Waals surface area (Å²) in [7, 11) is -3.54. The lowest BCUT2D eigenvalue weighted by Crippen LogP contribution is -2.47. The van der Waals surface area contributed by atoms with Crippen molar-refractivity contribution in [2.45, 2.75) is 17.9 Å². The van der Waals surface area contributed by atoms with Crippen molar-refractivity contribution in [1.82, 2.24) is 9.62 Å². The number of morpholine rings is 1. The number of sulfonamides is 1. The maximum Gasteiger partial charge on any atom is 0.240 e. The Morgan fingerprint density at radius 2 is 1.95 bits per heavy atom. The molecule has 1 heterocycles. The lowest BCUT2D eigenvalue weighted by atomic mass is 10.2. The summed E-state index contributed by atoms with van der Waals surface area (Å²) in [4.78, 5) is 2.38. The molecule has 0 bridgehead atoms.